The predicted octanol–water partition coefficient (Wildman–Crippen LogP) is 2.86. The molecule has 1 aromatic rings. The lowest BCUT2D eigenvalue weighted by Gasteiger charge is -2.31. The van der Waals surface area contributed by atoms with E-state index in [1.54, 1.807) is 0 Å². The Morgan fingerprint density at radius 2 is 2.10 bits per heavy atom. The number of nitrogen functional groups attached to an aromatic ring is 1. The highest BCUT2D eigenvalue weighted by Crippen LogP contribution is 2.31. The lowest BCUT2D eigenvalue weighted by atomic mass is 10.1. The summed E-state index contributed by atoms with van der Waals surface area (Å²) in [7, 11) is 0. The minimum atomic E-state index is -0.474. The number of hydrogen-bond donors (Lipinski definition) is 2. The van der Waals surface area contributed by atoms with Gasteiger partial charge in [0.05, 0.1) is 11.7 Å². The maximum absolute atomic E-state index is 13.1. The summed E-state index contributed by atoms with van der Waals surface area (Å²) >= 11 is 0. The normalized spacial score (nSPS) is 16.3. The summed E-state index contributed by atoms with van der Waals surface area (Å²) in [5.74, 6) is 0.165. The number of nitrogens with one attached hydrogen (secondary N) is 1. The zero-order valence-corrected chi connectivity index (χ0v) is 12.9. The monoisotopic (exact) mass is 293 g/mol. The average Bonchev–Trinajstić information content (AvgIpc) is 3.23. The Morgan fingerprint density at radius 3 is 2.62 bits per heavy atom. The van der Waals surface area contributed by atoms with Crippen LogP contribution in [0.4, 0.5) is 15.8 Å². The van der Waals surface area contributed by atoms with E-state index in [9.17, 15) is 9.18 Å². The number of nitrogens with two attached hydrogens (primary N) is 1. The molecular formula is C16H24FN3O. The SMILES string of the molecule is CC(C)N(CC1CC1)C(C)C(=O)Nc1ccc(F)c(N)c1. The minimum Gasteiger partial charge on any atom is -0.396 e. The number of nitrogens with zero attached hydrogens (tertiary/aromatic N) is 1. The Hall–Kier alpha value is -1.62. The number of carbonyl (C=O) groups is 1. The van der Waals surface area contributed by atoms with Crippen LogP contribution in [0, 0.1) is 11.7 Å². The molecule has 21 heavy (non-hydrogen) atoms. The first-order valence-corrected chi connectivity index (χ1v) is 7.50. The Bertz CT molecular complexity index is 514. The standard InChI is InChI=1S/C16H24FN3O/c1-10(2)20(9-12-4-5-12)11(3)16(21)19-13-6-7-14(17)15(18)8-13/h6-8,10-12H,4-5,9,18H2,1-3H3,(H,19,21). The lowest BCUT2D eigenvalue weighted by Crippen LogP contribution is -2.46. The molecule has 1 aliphatic rings. The number of carbonyl (C=O) groups excluding carboxylic acids is 1. The van der Waals surface area contributed by atoms with E-state index in [-0.39, 0.29) is 17.6 Å². The first-order valence-electron chi connectivity index (χ1n) is 7.50. The summed E-state index contributed by atoms with van der Waals surface area (Å²) in [4.78, 5) is 14.6. The van der Waals surface area contributed by atoms with Crippen molar-refractivity contribution < 1.29 is 9.18 Å². The Labute approximate surface area is 125 Å². The molecule has 2 rings (SSSR count). The Kier molecular flexibility index (Phi) is 4.83. The van der Waals surface area contributed by atoms with Gasteiger partial charge in [0, 0.05) is 18.3 Å². The maximum atomic E-state index is 13.1. The van der Waals surface area contributed by atoms with Gasteiger partial charge in [0.25, 0.3) is 0 Å². The molecule has 0 aliphatic heterocycles. The highest BCUT2D eigenvalue weighted by molar-refractivity contribution is 5.94. The number of benzene rings is 1. The molecule has 0 heterocycles. The van der Waals surface area contributed by atoms with Crippen LogP contribution in [0.1, 0.15) is 33.6 Å². The van der Waals surface area contributed by atoms with Crippen LogP contribution in [0.2, 0.25) is 0 Å². The first kappa shape index (κ1) is 15.8. The molecule has 0 spiro atoms. The van der Waals surface area contributed by atoms with Crippen molar-refractivity contribution in [3.05, 3.63) is 24.0 Å². The van der Waals surface area contributed by atoms with Crippen molar-refractivity contribution in [1.82, 2.24) is 4.90 Å². The zero-order chi connectivity index (χ0) is 15.6. The fourth-order valence-electron chi connectivity index (χ4n) is 2.43. The van der Waals surface area contributed by atoms with Crippen molar-refractivity contribution in [2.75, 3.05) is 17.6 Å². The van der Waals surface area contributed by atoms with Gasteiger partial charge in [-0.15, -0.1) is 0 Å². The summed E-state index contributed by atoms with van der Waals surface area (Å²) in [6, 6.07) is 4.32. The summed E-state index contributed by atoms with van der Waals surface area (Å²) in [5, 5.41) is 2.81. The smallest absolute Gasteiger partial charge is 0.241 e. The molecule has 0 aromatic heterocycles. The summed E-state index contributed by atoms with van der Waals surface area (Å²) in [6.07, 6.45) is 2.51. The largest absolute Gasteiger partial charge is 0.396 e. The molecule has 1 aliphatic carbocycles. The molecule has 0 radical (unpaired) electrons. The van der Waals surface area contributed by atoms with Crippen LogP contribution in [-0.4, -0.2) is 29.4 Å². The van der Waals surface area contributed by atoms with Crippen LogP contribution < -0.4 is 11.1 Å². The van der Waals surface area contributed by atoms with E-state index in [0.29, 0.717) is 11.7 Å². The molecule has 5 heteroatoms. The second kappa shape index (κ2) is 6.43. The third kappa shape index (κ3) is 4.17. The predicted molar refractivity (Wildman–Crippen MR) is 83.5 cm³/mol. The molecule has 4 nitrogen and oxygen atoms in total. The van der Waals surface area contributed by atoms with Crippen LogP contribution >= 0.6 is 0 Å². The molecule has 1 saturated carbocycles. The quantitative estimate of drug-likeness (QED) is 0.793. The van der Waals surface area contributed by atoms with Gasteiger partial charge in [0.1, 0.15) is 5.82 Å². The van der Waals surface area contributed by atoms with Crippen LogP contribution in [0.15, 0.2) is 18.2 Å². The van der Waals surface area contributed by atoms with Gasteiger partial charge in [-0.25, -0.2) is 4.39 Å². The van der Waals surface area contributed by atoms with E-state index < -0.39 is 5.82 Å². The van der Waals surface area contributed by atoms with Gasteiger partial charge in [-0.05, 0) is 57.7 Å². The molecule has 1 aromatic carbocycles. The molecule has 3 N–H and O–H groups in total. The van der Waals surface area contributed by atoms with Crippen LogP contribution in [0.5, 0.6) is 0 Å². The summed E-state index contributed by atoms with van der Waals surface area (Å²) < 4.78 is 13.1. The fraction of sp³-hybridized carbons (Fsp3) is 0.562. The van der Waals surface area contributed by atoms with Crippen molar-refractivity contribution in [3.8, 4) is 0 Å². The van der Waals surface area contributed by atoms with E-state index in [2.05, 4.69) is 24.1 Å². The van der Waals surface area contributed by atoms with Crippen LogP contribution in [-0.2, 0) is 4.79 Å². The maximum Gasteiger partial charge on any atom is 0.241 e. The second-order valence-corrected chi connectivity index (χ2v) is 6.14. The number of halogens is 1. The Morgan fingerprint density at radius 1 is 1.43 bits per heavy atom. The molecule has 1 fully saturated rings. The van der Waals surface area contributed by atoms with Gasteiger partial charge in [-0.2, -0.15) is 0 Å². The topological polar surface area (TPSA) is 58.4 Å². The average molecular weight is 293 g/mol. The first-order chi connectivity index (χ1) is 9.88. The van der Waals surface area contributed by atoms with E-state index >= 15 is 0 Å². The molecule has 1 unspecified atom stereocenters. The summed E-state index contributed by atoms with van der Waals surface area (Å²) in [5.41, 5.74) is 6.09. The number of anilines is 2. The van der Waals surface area contributed by atoms with Gasteiger partial charge >= 0.3 is 0 Å². The van der Waals surface area contributed by atoms with Crippen molar-refractivity contribution in [2.45, 2.75) is 45.7 Å². The van der Waals surface area contributed by atoms with E-state index in [1.165, 1.54) is 31.0 Å². The fourth-order valence-corrected chi connectivity index (χ4v) is 2.43. The van der Waals surface area contributed by atoms with Crippen LogP contribution in [0.25, 0.3) is 0 Å². The number of rotatable bonds is 6. The number of amides is 1. The van der Waals surface area contributed by atoms with Gasteiger partial charge in [-0.3, -0.25) is 9.69 Å². The Balaban J connectivity index is 2.01. The van der Waals surface area contributed by atoms with E-state index in [0.717, 1.165) is 12.5 Å². The van der Waals surface area contributed by atoms with Crippen LogP contribution in [0.3, 0.4) is 0 Å². The van der Waals surface area contributed by atoms with Gasteiger partial charge in [0.15, 0.2) is 0 Å². The third-order valence-electron chi connectivity index (χ3n) is 3.97. The molecule has 0 bridgehead atoms. The van der Waals surface area contributed by atoms with Gasteiger partial charge < -0.3 is 11.1 Å². The molecular weight excluding hydrogens is 269 g/mol. The van der Waals surface area contributed by atoms with Crippen molar-refractivity contribution in [2.24, 2.45) is 5.92 Å². The lowest BCUT2D eigenvalue weighted by molar-refractivity contribution is -0.121. The third-order valence-corrected chi connectivity index (χ3v) is 3.97. The molecule has 1 amide bonds. The van der Waals surface area contributed by atoms with Crippen molar-refractivity contribution in [3.63, 3.8) is 0 Å². The highest BCUT2D eigenvalue weighted by atomic mass is 19.1. The minimum absolute atomic E-state index is 0.0409. The molecule has 116 valence electrons. The van der Waals surface area contributed by atoms with E-state index in [4.69, 9.17) is 5.73 Å². The van der Waals surface area contributed by atoms with Crippen molar-refractivity contribution >= 4 is 17.3 Å². The molecule has 1 atom stereocenters. The van der Waals surface area contributed by atoms with E-state index in [1.807, 2.05) is 6.92 Å². The van der Waals surface area contributed by atoms with Crippen molar-refractivity contribution in [1.29, 1.82) is 0 Å². The second-order valence-electron chi connectivity index (χ2n) is 6.14. The van der Waals surface area contributed by atoms with Gasteiger partial charge in [0.2, 0.25) is 5.91 Å². The number of hydrogen-bond acceptors (Lipinski definition) is 3. The van der Waals surface area contributed by atoms with Gasteiger partial charge in [-0.1, -0.05) is 0 Å². The highest BCUT2D eigenvalue weighted by Gasteiger charge is 2.30. The molecule has 0 saturated heterocycles. The summed E-state index contributed by atoms with van der Waals surface area (Å²) in [6.45, 7) is 7.06. The zero-order valence-electron chi connectivity index (χ0n) is 12.9.